The van der Waals surface area contributed by atoms with Crippen LogP contribution < -0.4 is 5.32 Å². The molecule has 0 spiro atoms. The van der Waals surface area contributed by atoms with Gasteiger partial charge in [-0.15, -0.1) is 0 Å². The van der Waals surface area contributed by atoms with E-state index in [0.717, 1.165) is 25.1 Å². The van der Waals surface area contributed by atoms with Gasteiger partial charge in [-0.3, -0.25) is 9.69 Å². The Morgan fingerprint density at radius 2 is 2.00 bits per heavy atom. The Kier molecular flexibility index (Phi) is 4.25. The Morgan fingerprint density at radius 1 is 1.32 bits per heavy atom. The molecule has 1 aromatic rings. The fourth-order valence-electron chi connectivity index (χ4n) is 2.55. The molecule has 3 heteroatoms. The van der Waals surface area contributed by atoms with Gasteiger partial charge in [-0.25, -0.2) is 0 Å². The minimum absolute atomic E-state index is 0.131. The van der Waals surface area contributed by atoms with Gasteiger partial charge in [0, 0.05) is 24.7 Å². The highest BCUT2D eigenvalue weighted by molar-refractivity contribution is 5.78. The van der Waals surface area contributed by atoms with Crippen LogP contribution in [0.15, 0.2) is 30.3 Å². The summed E-state index contributed by atoms with van der Waals surface area (Å²) in [6.07, 6.45) is 1.53. The van der Waals surface area contributed by atoms with Crippen LogP contribution in [0.2, 0.25) is 0 Å². The van der Waals surface area contributed by atoms with Gasteiger partial charge < -0.3 is 5.32 Å². The van der Waals surface area contributed by atoms with Gasteiger partial charge in [0.15, 0.2) is 0 Å². The van der Waals surface area contributed by atoms with Crippen molar-refractivity contribution < 1.29 is 4.79 Å². The van der Waals surface area contributed by atoms with E-state index >= 15 is 0 Å². The molecule has 0 radical (unpaired) electrons. The lowest BCUT2D eigenvalue weighted by Crippen LogP contribution is -2.43. The number of nitrogens with zero attached hydrogens (tertiary/aromatic N) is 1. The van der Waals surface area contributed by atoms with Crippen molar-refractivity contribution in [3.05, 3.63) is 35.9 Å². The fourth-order valence-corrected chi connectivity index (χ4v) is 2.55. The number of hydrogen-bond donors (Lipinski definition) is 1. The topological polar surface area (TPSA) is 32.3 Å². The van der Waals surface area contributed by atoms with E-state index in [-0.39, 0.29) is 11.4 Å². The number of carbonyl (C=O) groups excluding carboxylic acids is 1. The average Bonchev–Trinajstić information content (AvgIpc) is 2.78. The minimum atomic E-state index is 0.131. The van der Waals surface area contributed by atoms with Crippen LogP contribution in [0.3, 0.4) is 0 Å². The van der Waals surface area contributed by atoms with Crippen LogP contribution in [0.1, 0.15) is 32.8 Å². The summed E-state index contributed by atoms with van der Waals surface area (Å²) in [6.45, 7) is 8.70. The Morgan fingerprint density at radius 3 is 2.58 bits per heavy atom. The third-order valence-corrected chi connectivity index (χ3v) is 3.71. The molecule has 1 aliphatic rings. The molecular formula is C16H24N2O. The first-order valence-electron chi connectivity index (χ1n) is 7.03. The predicted molar refractivity (Wildman–Crippen MR) is 78.0 cm³/mol. The largest absolute Gasteiger partial charge is 0.352 e. The predicted octanol–water partition coefficient (Wildman–Crippen LogP) is 2.22. The summed E-state index contributed by atoms with van der Waals surface area (Å²) < 4.78 is 0. The molecule has 1 heterocycles. The molecular weight excluding hydrogens is 236 g/mol. The Hall–Kier alpha value is -1.35. The van der Waals surface area contributed by atoms with E-state index < -0.39 is 0 Å². The van der Waals surface area contributed by atoms with Crippen molar-refractivity contribution in [2.45, 2.75) is 45.2 Å². The zero-order chi connectivity index (χ0) is 13.9. The monoisotopic (exact) mass is 260 g/mol. The van der Waals surface area contributed by atoms with Crippen LogP contribution in [0, 0.1) is 0 Å². The zero-order valence-corrected chi connectivity index (χ0v) is 12.1. The van der Waals surface area contributed by atoms with E-state index in [2.05, 4.69) is 31.0 Å². The highest BCUT2D eigenvalue weighted by atomic mass is 16.1. The lowest BCUT2D eigenvalue weighted by molar-refractivity contribution is -0.121. The number of nitrogens with one attached hydrogen (secondary N) is 1. The van der Waals surface area contributed by atoms with Gasteiger partial charge in [0.1, 0.15) is 0 Å². The molecule has 1 amide bonds. The SMILES string of the molecule is CC(C)(C)N1CCC(NC(=O)Cc2ccccc2)C1. The smallest absolute Gasteiger partial charge is 0.224 e. The molecule has 1 unspecified atom stereocenters. The highest BCUT2D eigenvalue weighted by Gasteiger charge is 2.30. The van der Waals surface area contributed by atoms with Crippen molar-refractivity contribution >= 4 is 5.91 Å². The third-order valence-electron chi connectivity index (χ3n) is 3.71. The van der Waals surface area contributed by atoms with E-state index in [9.17, 15) is 4.79 Å². The molecule has 1 N–H and O–H groups in total. The molecule has 1 aromatic carbocycles. The van der Waals surface area contributed by atoms with Crippen molar-refractivity contribution in [1.82, 2.24) is 10.2 Å². The lowest BCUT2D eigenvalue weighted by Gasteiger charge is -2.31. The van der Waals surface area contributed by atoms with Gasteiger partial charge in [-0.05, 0) is 32.8 Å². The molecule has 0 saturated carbocycles. The van der Waals surface area contributed by atoms with Gasteiger partial charge in [-0.1, -0.05) is 30.3 Å². The third kappa shape index (κ3) is 4.06. The number of hydrogen-bond acceptors (Lipinski definition) is 2. The maximum Gasteiger partial charge on any atom is 0.224 e. The van der Waals surface area contributed by atoms with Crippen molar-refractivity contribution in [3.63, 3.8) is 0 Å². The summed E-state index contributed by atoms with van der Waals surface area (Å²) in [5, 5.41) is 3.15. The molecule has 1 saturated heterocycles. The van der Waals surface area contributed by atoms with E-state index in [4.69, 9.17) is 0 Å². The quantitative estimate of drug-likeness (QED) is 0.904. The molecule has 0 aromatic heterocycles. The van der Waals surface area contributed by atoms with E-state index in [1.54, 1.807) is 0 Å². The van der Waals surface area contributed by atoms with Crippen molar-refractivity contribution in [2.24, 2.45) is 0 Å². The Balaban J connectivity index is 1.81. The molecule has 19 heavy (non-hydrogen) atoms. The molecule has 3 nitrogen and oxygen atoms in total. The first-order valence-corrected chi connectivity index (χ1v) is 7.03. The van der Waals surface area contributed by atoms with Crippen molar-refractivity contribution in [2.75, 3.05) is 13.1 Å². The maximum atomic E-state index is 12.0. The van der Waals surface area contributed by atoms with Gasteiger partial charge in [-0.2, -0.15) is 0 Å². The average molecular weight is 260 g/mol. The summed E-state index contributed by atoms with van der Waals surface area (Å²) in [5.41, 5.74) is 1.27. The van der Waals surface area contributed by atoms with Gasteiger partial charge in [0.05, 0.1) is 6.42 Å². The zero-order valence-electron chi connectivity index (χ0n) is 12.1. The number of rotatable bonds is 3. The summed E-state index contributed by atoms with van der Waals surface area (Å²) in [4.78, 5) is 14.4. The van der Waals surface area contributed by atoms with Crippen LogP contribution in [0.4, 0.5) is 0 Å². The van der Waals surface area contributed by atoms with Crippen molar-refractivity contribution in [1.29, 1.82) is 0 Å². The van der Waals surface area contributed by atoms with Gasteiger partial charge >= 0.3 is 0 Å². The number of likely N-dealkylation sites (tertiary alicyclic amines) is 1. The van der Waals surface area contributed by atoms with Crippen molar-refractivity contribution in [3.8, 4) is 0 Å². The standard InChI is InChI=1S/C16H24N2O/c1-16(2,3)18-10-9-14(12-18)17-15(19)11-13-7-5-4-6-8-13/h4-8,14H,9-12H2,1-3H3,(H,17,19). The molecule has 0 aliphatic carbocycles. The summed E-state index contributed by atoms with van der Waals surface area (Å²) in [7, 11) is 0. The van der Waals surface area contributed by atoms with E-state index in [1.807, 2.05) is 30.3 Å². The van der Waals surface area contributed by atoms with Crippen LogP contribution in [-0.4, -0.2) is 35.5 Å². The molecule has 1 atom stereocenters. The summed E-state index contributed by atoms with van der Waals surface area (Å²) in [6, 6.07) is 10.2. The summed E-state index contributed by atoms with van der Waals surface area (Å²) >= 11 is 0. The first kappa shape index (κ1) is 14.1. The second-order valence-electron chi connectivity index (χ2n) is 6.33. The second-order valence-corrected chi connectivity index (χ2v) is 6.33. The second kappa shape index (κ2) is 5.74. The fraction of sp³-hybridized carbons (Fsp3) is 0.562. The van der Waals surface area contributed by atoms with Crippen LogP contribution in [0.5, 0.6) is 0 Å². The highest BCUT2D eigenvalue weighted by Crippen LogP contribution is 2.20. The molecule has 2 rings (SSSR count). The molecule has 1 fully saturated rings. The number of carbonyl (C=O) groups is 1. The van der Waals surface area contributed by atoms with Gasteiger partial charge in [0.25, 0.3) is 0 Å². The molecule has 0 bridgehead atoms. The molecule has 1 aliphatic heterocycles. The Labute approximate surface area is 116 Å². The minimum Gasteiger partial charge on any atom is -0.352 e. The molecule has 104 valence electrons. The Bertz CT molecular complexity index is 422. The van der Waals surface area contributed by atoms with Crippen LogP contribution in [0.25, 0.3) is 0 Å². The first-order chi connectivity index (χ1) is 8.95. The number of amides is 1. The van der Waals surface area contributed by atoms with Gasteiger partial charge in [0.2, 0.25) is 5.91 Å². The summed E-state index contributed by atoms with van der Waals surface area (Å²) in [5.74, 6) is 0.131. The van der Waals surface area contributed by atoms with E-state index in [1.165, 1.54) is 0 Å². The van der Waals surface area contributed by atoms with E-state index in [0.29, 0.717) is 12.5 Å². The maximum absolute atomic E-state index is 12.0. The normalized spacial score (nSPS) is 20.5. The van der Waals surface area contributed by atoms with Crippen LogP contribution in [-0.2, 0) is 11.2 Å². The number of benzene rings is 1. The van der Waals surface area contributed by atoms with Crippen LogP contribution >= 0.6 is 0 Å². The lowest BCUT2D eigenvalue weighted by atomic mass is 10.1.